The molecule has 1 heterocycles. The summed E-state index contributed by atoms with van der Waals surface area (Å²) >= 11 is 0. The van der Waals surface area contributed by atoms with Gasteiger partial charge in [0.1, 0.15) is 5.82 Å². The van der Waals surface area contributed by atoms with Crippen LogP contribution in [0.15, 0.2) is 24.3 Å². The lowest BCUT2D eigenvalue weighted by Crippen LogP contribution is -2.41. The molecule has 4 nitrogen and oxygen atoms in total. The largest absolute Gasteiger partial charge is 0.313 e. The Morgan fingerprint density at radius 1 is 1.25 bits per heavy atom. The molecule has 0 aromatic heterocycles. The van der Waals surface area contributed by atoms with Crippen molar-refractivity contribution >= 4 is 9.84 Å². The maximum Gasteiger partial charge on any atom is 0.152 e. The van der Waals surface area contributed by atoms with Crippen molar-refractivity contribution in [2.45, 2.75) is 12.5 Å². The maximum atomic E-state index is 12.9. The van der Waals surface area contributed by atoms with Crippen molar-refractivity contribution in [3.63, 3.8) is 0 Å². The molecule has 1 aliphatic heterocycles. The minimum absolute atomic E-state index is 0.161. The zero-order valence-electron chi connectivity index (χ0n) is 11.7. The van der Waals surface area contributed by atoms with Gasteiger partial charge in [-0.2, -0.15) is 0 Å². The lowest BCUT2D eigenvalue weighted by atomic mass is 10.0. The highest BCUT2D eigenvalue weighted by atomic mass is 32.2. The summed E-state index contributed by atoms with van der Waals surface area (Å²) in [6, 6.07) is 6.67. The van der Waals surface area contributed by atoms with Crippen molar-refractivity contribution in [2.75, 3.05) is 38.2 Å². The molecule has 1 fully saturated rings. The number of sulfone groups is 1. The van der Waals surface area contributed by atoms with Crippen molar-refractivity contribution in [3.05, 3.63) is 35.6 Å². The molecule has 2 rings (SSSR count). The molecular weight excluding hydrogens is 279 g/mol. The Hall–Kier alpha value is -0.980. The number of nitrogens with one attached hydrogen (secondary N) is 1. The molecule has 1 N–H and O–H groups in total. The van der Waals surface area contributed by atoms with Gasteiger partial charge in [0.2, 0.25) is 0 Å². The zero-order valence-corrected chi connectivity index (χ0v) is 12.5. The van der Waals surface area contributed by atoms with Crippen LogP contribution >= 0.6 is 0 Å². The highest BCUT2D eigenvalue weighted by Gasteiger charge is 2.22. The maximum absolute atomic E-state index is 12.9. The third-order valence-corrected chi connectivity index (χ3v) is 5.40. The van der Waals surface area contributed by atoms with Gasteiger partial charge in [0.15, 0.2) is 9.84 Å². The predicted octanol–water partition coefficient (Wildman–Crippen LogP) is 1.21. The molecule has 1 atom stereocenters. The van der Waals surface area contributed by atoms with Gasteiger partial charge in [0.25, 0.3) is 0 Å². The molecule has 20 heavy (non-hydrogen) atoms. The van der Waals surface area contributed by atoms with E-state index >= 15 is 0 Å². The van der Waals surface area contributed by atoms with Gasteiger partial charge in [0.05, 0.1) is 11.5 Å². The van der Waals surface area contributed by atoms with E-state index in [9.17, 15) is 12.8 Å². The summed E-state index contributed by atoms with van der Waals surface area (Å²) < 4.78 is 35.7. The summed E-state index contributed by atoms with van der Waals surface area (Å²) in [6.45, 7) is 2.07. The summed E-state index contributed by atoms with van der Waals surface area (Å²) in [6.07, 6.45) is 0.877. The Morgan fingerprint density at radius 2 is 1.85 bits per heavy atom. The van der Waals surface area contributed by atoms with Crippen LogP contribution in [0, 0.1) is 5.82 Å². The van der Waals surface area contributed by atoms with E-state index < -0.39 is 9.84 Å². The van der Waals surface area contributed by atoms with Crippen molar-refractivity contribution in [2.24, 2.45) is 0 Å². The minimum atomic E-state index is -2.82. The molecule has 0 radical (unpaired) electrons. The highest BCUT2D eigenvalue weighted by molar-refractivity contribution is 7.91. The number of hydrogen-bond acceptors (Lipinski definition) is 4. The van der Waals surface area contributed by atoms with Crippen LogP contribution in [0.1, 0.15) is 18.0 Å². The first-order valence-electron chi connectivity index (χ1n) is 6.86. The number of halogens is 1. The van der Waals surface area contributed by atoms with Crippen molar-refractivity contribution in [3.8, 4) is 0 Å². The lowest BCUT2D eigenvalue weighted by molar-refractivity contribution is 0.277. The van der Waals surface area contributed by atoms with Crippen LogP contribution in [0.3, 0.4) is 0 Å². The molecule has 6 heteroatoms. The van der Waals surface area contributed by atoms with Gasteiger partial charge in [0, 0.05) is 25.7 Å². The first-order chi connectivity index (χ1) is 9.50. The third-order valence-electron chi connectivity index (χ3n) is 3.79. The molecule has 1 aromatic rings. The van der Waals surface area contributed by atoms with Crippen LogP contribution in [0.4, 0.5) is 4.39 Å². The van der Waals surface area contributed by atoms with Gasteiger partial charge < -0.3 is 10.2 Å². The third kappa shape index (κ3) is 4.26. The monoisotopic (exact) mass is 300 g/mol. The van der Waals surface area contributed by atoms with Crippen LogP contribution in [0.25, 0.3) is 0 Å². The fourth-order valence-electron chi connectivity index (χ4n) is 2.46. The Balaban J connectivity index is 1.87. The van der Waals surface area contributed by atoms with Gasteiger partial charge in [-0.05, 0) is 31.2 Å². The van der Waals surface area contributed by atoms with Crippen molar-refractivity contribution in [1.29, 1.82) is 0 Å². The average Bonchev–Trinajstić information content (AvgIpc) is 2.43. The number of hydrogen-bond donors (Lipinski definition) is 1. The van der Waals surface area contributed by atoms with Crippen LogP contribution in [0.2, 0.25) is 0 Å². The van der Waals surface area contributed by atoms with E-state index in [4.69, 9.17) is 0 Å². The second-order valence-corrected chi connectivity index (χ2v) is 7.48. The molecular formula is C14H21FN2O2S. The van der Waals surface area contributed by atoms with Gasteiger partial charge >= 0.3 is 0 Å². The Morgan fingerprint density at radius 3 is 2.40 bits per heavy atom. The molecule has 1 unspecified atom stereocenters. The van der Waals surface area contributed by atoms with E-state index in [0.29, 0.717) is 13.1 Å². The molecule has 0 spiro atoms. The summed E-state index contributed by atoms with van der Waals surface area (Å²) in [4.78, 5) is 2.18. The van der Waals surface area contributed by atoms with Gasteiger partial charge in [-0.1, -0.05) is 12.1 Å². The molecule has 0 bridgehead atoms. The smallest absolute Gasteiger partial charge is 0.152 e. The van der Waals surface area contributed by atoms with E-state index in [1.807, 2.05) is 7.05 Å². The SMILES string of the molecule is CNC(CCN1CCS(=O)(=O)CC1)c1ccc(F)cc1. The molecule has 112 valence electrons. The zero-order chi connectivity index (χ0) is 14.6. The highest BCUT2D eigenvalue weighted by Crippen LogP contribution is 2.18. The van der Waals surface area contributed by atoms with Crippen molar-refractivity contribution < 1.29 is 12.8 Å². The van der Waals surface area contributed by atoms with E-state index in [-0.39, 0.29) is 23.4 Å². The van der Waals surface area contributed by atoms with Gasteiger partial charge in [-0.25, -0.2) is 12.8 Å². The first kappa shape index (κ1) is 15.4. The number of benzene rings is 1. The fraction of sp³-hybridized carbons (Fsp3) is 0.571. The normalized spacial score (nSPS) is 20.7. The van der Waals surface area contributed by atoms with Crippen LogP contribution in [-0.2, 0) is 9.84 Å². The molecule has 1 aliphatic rings. The fourth-order valence-corrected chi connectivity index (χ4v) is 3.74. The Bertz CT molecular complexity index is 517. The minimum Gasteiger partial charge on any atom is -0.313 e. The Labute approximate surface area is 119 Å². The molecule has 0 amide bonds. The summed E-state index contributed by atoms with van der Waals surface area (Å²) in [5, 5.41) is 3.23. The molecule has 0 aliphatic carbocycles. The van der Waals surface area contributed by atoms with Crippen molar-refractivity contribution in [1.82, 2.24) is 10.2 Å². The van der Waals surface area contributed by atoms with Crippen LogP contribution in [0.5, 0.6) is 0 Å². The van der Waals surface area contributed by atoms with Crippen LogP contribution in [-0.4, -0.2) is 51.5 Å². The van der Waals surface area contributed by atoms with E-state index in [0.717, 1.165) is 18.5 Å². The molecule has 1 aromatic carbocycles. The van der Waals surface area contributed by atoms with E-state index in [1.165, 1.54) is 12.1 Å². The standard InChI is InChI=1S/C14H21FN2O2S/c1-16-14(12-2-4-13(15)5-3-12)6-7-17-8-10-20(18,19)11-9-17/h2-5,14,16H,6-11H2,1H3. The summed E-state index contributed by atoms with van der Waals surface area (Å²) in [7, 11) is -0.932. The predicted molar refractivity (Wildman–Crippen MR) is 77.9 cm³/mol. The first-order valence-corrected chi connectivity index (χ1v) is 8.68. The lowest BCUT2D eigenvalue weighted by Gasteiger charge is -2.28. The van der Waals surface area contributed by atoms with Crippen LogP contribution < -0.4 is 5.32 Å². The number of rotatable bonds is 5. The number of nitrogens with zero attached hydrogens (tertiary/aromatic N) is 1. The molecule has 1 saturated heterocycles. The average molecular weight is 300 g/mol. The quantitative estimate of drug-likeness (QED) is 0.888. The topological polar surface area (TPSA) is 49.4 Å². The van der Waals surface area contributed by atoms with Gasteiger partial charge in [-0.15, -0.1) is 0 Å². The summed E-state index contributed by atoms with van der Waals surface area (Å²) in [5.74, 6) is 0.284. The Kier molecular flexibility index (Phi) is 5.12. The van der Waals surface area contributed by atoms with E-state index in [2.05, 4.69) is 10.2 Å². The van der Waals surface area contributed by atoms with Gasteiger partial charge in [-0.3, -0.25) is 0 Å². The summed E-state index contributed by atoms with van der Waals surface area (Å²) in [5.41, 5.74) is 1.05. The second-order valence-electron chi connectivity index (χ2n) is 5.17. The second kappa shape index (κ2) is 6.65. The van der Waals surface area contributed by atoms with E-state index in [1.54, 1.807) is 12.1 Å². The molecule has 0 saturated carbocycles.